The van der Waals surface area contributed by atoms with E-state index in [1.807, 2.05) is 60.7 Å². The third kappa shape index (κ3) is 4.61. The number of hydrogen-bond acceptors (Lipinski definition) is 4. The lowest BCUT2D eigenvalue weighted by atomic mass is 10.1. The zero-order chi connectivity index (χ0) is 22.7. The number of aromatic amines is 1. The van der Waals surface area contributed by atoms with Crippen LogP contribution in [0.2, 0.25) is 0 Å². The summed E-state index contributed by atoms with van der Waals surface area (Å²) >= 11 is 0. The van der Waals surface area contributed by atoms with Crippen LogP contribution in [0.25, 0.3) is 34.3 Å². The van der Waals surface area contributed by atoms with Crippen molar-refractivity contribution in [2.45, 2.75) is 11.8 Å². The lowest BCUT2D eigenvalue weighted by Gasteiger charge is -2.09. The summed E-state index contributed by atoms with van der Waals surface area (Å²) in [7, 11) is -2.19. The van der Waals surface area contributed by atoms with Gasteiger partial charge >= 0.3 is 0 Å². The summed E-state index contributed by atoms with van der Waals surface area (Å²) < 4.78 is 27.2. The minimum Gasteiger partial charge on any atom is -0.338 e. The van der Waals surface area contributed by atoms with Crippen molar-refractivity contribution in [2.75, 3.05) is 12.4 Å². The molecule has 3 N–H and O–H groups in total. The van der Waals surface area contributed by atoms with E-state index >= 15 is 0 Å². The normalized spacial score (nSPS) is 11.8. The highest BCUT2D eigenvalue weighted by Crippen LogP contribution is 2.29. The quantitative estimate of drug-likeness (QED) is 0.411. The second-order valence-corrected chi connectivity index (χ2v) is 9.05. The van der Waals surface area contributed by atoms with E-state index in [9.17, 15) is 13.2 Å². The van der Waals surface area contributed by atoms with Crippen molar-refractivity contribution < 1.29 is 13.2 Å². The highest BCUT2D eigenvalue weighted by molar-refractivity contribution is 7.89. The van der Waals surface area contributed by atoms with Gasteiger partial charge in [-0.1, -0.05) is 42.5 Å². The molecule has 0 aliphatic heterocycles. The lowest BCUT2D eigenvalue weighted by Crippen LogP contribution is -2.19. The average molecular weight is 447 g/mol. The van der Waals surface area contributed by atoms with Gasteiger partial charge in [0.1, 0.15) is 5.82 Å². The number of aromatic nitrogens is 2. The number of rotatable bonds is 6. The van der Waals surface area contributed by atoms with E-state index in [-0.39, 0.29) is 10.8 Å². The van der Waals surface area contributed by atoms with Crippen LogP contribution in [0.5, 0.6) is 0 Å². The Hall–Kier alpha value is -3.75. The number of carbonyl (C=O) groups is 1. The molecule has 1 amide bonds. The SMILES string of the molecule is CNS(=O)(=O)c1ccccc1-c1ccc2[nH]c(/C=C/c3ccc(NC(C)=O)cc3)nc2c1. The van der Waals surface area contributed by atoms with Gasteiger partial charge in [-0.2, -0.15) is 0 Å². The molecule has 162 valence electrons. The molecular weight excluding hydrogens is 424 g/mol. The number of amides is 1. The molecule has 7 nitrogen and oxygen atoms in total. The number of benzene rings is 3. The maximum absolute atomic E-state index is 12.4. The van der Waals surface area contributed by atoms with Crippen molar-refractivity contribution >= 4 is 44.8 Å². The molecule has 0 radical (unpaired) electrons. The number of sulfonamides is 1. The summed E-state index contributed by atoms with van der Waals surface area (Å²) in [4.78, 5) is 19.2. The highest BCUT2D eigenvalue weighted by Gasteiger charge is 2.17. The fourth-order valence-corrected chi connectivity index (χ4v) is 4.33. The fourth-order valence-electron chi connectivity index (χ4n) is 3.38. The molecule has 1 aromatic heterocycles. The molecule has 4 rings (SSSR count). The van der Waals surface area contributed by atoms with Crippen LogP contribution in [0, 0.1) is 0 Å². The predicted molar refractivity (Wildman–Crippen MR) is 127 cm³/mol. The summed E-state index contributed by atoms with van der Waals surface area (Å²) in [6, 6.07) is 20.0. The Kier molecular flexibility index (Phi) is 5.89. The summed E-state index contributed by atoms with van der Waals surface area (Å²) in [6.45, 7) is 1.47. The molecule has 0 bridgehead atoms. The first-order chi connectivity index (χ1) is 15.4. The Morgan fingerprint density at radius 2 is 1.75 bits per heavy atom. The number of imidazole rings is 1. The van der Waals surface area contributed by atoms with Crippen molar-refractivity contribution in [3.05, 3.63) is 78.1 Å². The third-order valence-electron chi connectivity index (χ3n) is 4.92. The van der Waals surface area contributed by atoms with E-state index in [0.29, 0.717) is 11.4 Å². The van der Waals surface area contributed by atoms with Gasteiger partial charge in [-0.25, -0.2) is 18.1 Å². The maximum atomic E-state index is 12.4. The third-order valence-corrected chi connectivity index (χ3v) is 6.39. The van der Waals surface area contributed by atoms with Crippen molar-refractivity contribution in [1.29, 1.82) is 0 Å². The van der Waals surface area contributed by atoms with Crippen LogP contribution in [0.4, 0.5) is 5.69 Å². The molecule has 0 aliphatic carbocycles. The minimum atomic E-state index is -3.59. The van der Waals surface area contributed by atoms with Crippen molar-refractivity contribution in [2.24, 2.45) is 0 Å². The Morgan fingerprint density at radius 1 is 1.00 bits per heavy atom. The Balaban J connectivity index is 1.62. The van der Waals surface area contributed by atoms with Crippen LogP contribution in [-0.4, -0.2) is 31.3 Å². The Morgan fingerprint density at radius 3 is 2.47 bits per heavy atom. The van der Waals surface area contributed by atoms with E-state index in [1.54, 1.807) is 18.2 Å². The van der Waals surface area contributed by atoms with Crippen LogP contribution in [0.3, 0.4) is 0 Å². The number of carbonyl (C=O) groups excluding carboxylic acids is 1. The molecule has 8 heteroatoms. The van der Waals surface area contributed by atoms with Crippen LogP contribution >= 0.6 is 0 Å². The van der Waals surface area contributed by atoms with E-state index < -0.39 is 10.0 Å². The number of hydrogen-bond donors (Lipinski definition) is 3. The summed E-state index contributed by atoms with van der Waals surface area (Å²) in [5.41, 5.74) is 4.67. The molecule has 0 atom stereocenters. The number of fused-ring (bicyclic) bond motifs is 1. The predicted octanol–water partition coefficient (Wildman–Crippen LogP) is 4.27. The molecule has 0 spiro atoms. The molecular formula is C24H22N4O3S. The Labute approximate surface area is 186 Å². The molecule has 0 unspecified atom stereocenters. The largest absolute Gasteiger partial charge is 0.338 e. The zero-order valence-corrected chi connectivity index (χ0v) is 18.4. The first-order valence-corrected chi connectivity index (χ1v) is 11.4. The standard InChI is InChI=1S/C24H22N4O3S/c1-16(29)26-19-11-7-17(8-12-19)9-14-24-27-21-13-10-18(15-22(21)28-24)20-5-3-4-6-23(20)32(30,31)25-2/h3-15,25H,1-2H3,(H,26,29)(H,27,28)/b14-9+. The van der Waals surface area contributed by atoms with E-state index in [4.69, 9.17) is 0 Å². The van der Waals surface area contributed by atoms with Gasteiger partial charge in [-0.15, -0.1) is 0 Å². The number of anilines is 1. The van der Waals surface area contributed by atoms with Crippen molar-refractivity contribution in [1.82, 2.24) is 14.7 Å². The Bertz CT molecular complexity index is 1420. The smallest absolute Gasteiger partial charge is 0.240 e. The topological polar surface area (TPSA) is 104 Å². The number of nitrogens with zero attached hydrogens (tertiary/aromatic N) is 1. The zero-order valence-electron chi connectivity index (χ0n) is 17.6. The number of nitrogens with one attached hydrogen (secondary N) is 3. The molecule has 4 aromatic rings. The highest BCUT2D eigenvalue weighted by atomic mass is 32.2. The van der Waals surface area contributed by atoms with E-state index in [0.717, 1.165) is 27.8 Å². The van der Waals surface area contributed by atoms with Gasteiger partial charge in [0.2, 0.25) is 15.9 Å². The summed E-state index contributed by atoms with van der Waals surface area (Å²) in [5.74, 6) is 0.570. The lowest BCUT2D eigenvalue weighted by molar-refractivity contribution is -0.114. The second kappa shape index (κ2) is 8.78. The summed E-state index contributed by atoms with van der Waals surface area (Å²) in [6.07, 6.45) is 3.79. The van der Waals surface area contributed by atoms with Crippen LogP contribution in [-0.2, 0) is 14.8 Å². The minimum absolute atomic E-state index is 0.110. The molecule has 0 aliphatic rings. The monoisotopic (exact) mass is 446 g/mol. The van der Waals surface area contributed by atoms with Gasteiger partial charge in [0.05, 0.1) is 15.9 Å². The second-order valence-electron chi connectivity index (χ2n) is 7.19. The van der Waals surface area contributed by atoms with Gasteiger partial charge in [-0.05, 0) is 54.6 Å². The maximum Gasteiger partial charge on any atom is 0.240 e. The van der Waals surface area contributed by atoms with Crippen LogP contribution in [0.1, 0.15) is 18.3 Å². The van der Waals surface area contributed by atoms with Crippen molar-refractivity contribution in [3.63, 3.8) is 0 Å². The van der Waals surface area contributed by atoms with Gasteiger partial charge in [0.15, 0.2) is 0 Å². The van der Waals surface area contributed by atoms with Crippen LogP contribution < -0.4 is 10.0 Å². The molecule has 3 aromatic carbocycles. The van der Waals surface area contributed by atoms with Gasteiger partial charge in [0, 0.05) is 18.2 Å². The molecule has 0 saturated heterocycles. The van der Waals surface area contributed by atoms with Gasteiger partial charge < -0.3 is 10.3 Å². The van der Waals surface area contributed by atoms with Gasteiger partial charge in [-0.3, -0.25) is 4.79 Å². The molecule has 1 heterocycles. The molecule has 0 fully saturated rings. The molecule has 0 saturated carbocycles. The van der Waals surface area contributed by atoms with Crippen molar-refractivity contribution in [3.8, 4) is 11.1 Å². The van der Waals surface area contributed by atoms with Gasteiger partial charge in [0.25, 0.3) is 0 Å². The van der Waals surface area contributed by atoms with E-state index in [1.165, 1.54) is 14.0 Å². The first-order valence-electron chi connectivity index (χ1n) is 9.94. The first kappa shape index (κ1) is 21.5. The fraction of sp³-hybridized carbons (Fsp3) is 0.0833. The van der Waals surface area contributed by atoms with E-state index in [2.05, 4.69) is 20.0 Å². The number of H-pyrrole nitrogens is 1. The average Bonchev–Trinajstić information content (AvgIpc) is 3.20. The summed E-state index contributed by atoms with van der Waals surface area (Å²) in [5, 5.41) is 2.74. The molecule has 32 heavy (non-hydrogen) atoms. The van der Waals surface area contributed by atoms with Crippen LogP contribution in [0.15, 0.2) is 71.6 Å².